The Morgan fingerprint density at radius 2 is 2.00 bits per heavy atom. The van der Waals surface area contributed by atoms with Crippen molar-refractivity contribution >= 4 is 11.8 Å². The molecule has 3 N–H and O–H groups in total. The molecule has 0 saturated carbocycles. The van der Waals surface area contributed by atoms with Crippen molar-refractivity contribution in [3.8, 4) is 5.75 Å². The lowest BCUT2D eigenvalue weighted by Gasteiger charge is -2.23. The summed E-state index contributed by atoms with van der Waals surface area (Å²) >= 11 is 0. The fraction of sp³-hybridized carbons (Fsp3) is 0.556. The molecule has 1 heterocycles. The summed E-state index contributed by atoms with van der Waals surface area (Å²) < 4.78 is 5.37. The van der Waals surface area contributed by atoms with Crippen molar-refractivity contribution < 1.29 is 14.3 Å². The van der Waals surface area contributed by atoms with E-state index in [4.69, 9.17) is 4.74 Å². The number of rotatable bonds is 7. The van der Waals surface area contributed by atoms with Crippen molar-refractivity contribution in [1.82, 2.24) is 16.0 Å². The molecule has 1 aliphatic heterocycles. The average Bonchev–Trinajstić information content (AvgIpc) is 3.06. The predicted molar refractivity (Wildman–Crippen MR) is 93.1 cm³/mol. The van der Waals surface area contributed by atoms with Crippen molar-refractivity contribution in [3.63, 3.8) is 0 Å². The van der Waals surface area contributed by atoms with Gasteiger partial charge in [0.25, 0.3) is 5.91 Å². The van der Waals surface area contributed by atoms with Gasteiger partial charge in [-0.05, 0) is 50.1 Å². The van der Waals surface area contributed by atoms with E-state index >= 15 is 0 Å². The normalized spacial score (nSPS) is 18.2. The highest BCUT2D eigenvalue weighted by molar-refractivity contribution is 5.97. The monoisotopic (exact) mass is 333 g/mol. The van der Waals surface area contributed by atoms with Gasteiger partial charge in [-0.3, -0.25) is 9.59 Å². The number of hydrogen-bond donors (Lipinski definition) is 3. The van der Waals surface area contributed by atoms with Crippen LogP contribution in [0.5, 0.6) is 5.75 Å². The van der Waals surface area contributed by atoms with Gasteiger partial charge in [0.05, 0.1) is 6.61 Å². The zero-order chi connectivity index (χ0) is 17.5. The molecule has 2 atom stereocenters. The summed E-state index contributed by atoms with van der Waals surface area (Å²) in [5.41, 5.74) is 0.513. The van der Waals surface area contributed by atoms with Gasteiger partial charge < -0.3 is 20.7 Å². The van der Waals surface area contributed by atoms with E-state index in [0.717, 1.165) is 25.3 Å². The van der Waals surface area contributed by atoms with Crippen molar-refractivity contribution in [2.45, 2.75) is 39.3 Å². The van der Waals surface area contributed by atoms with Crippen molar-refractivity contribution in [3.05, 3.63) is 29.8 Å². The number of amides is 2. The van der Waals surface area contributed by atoms with Crippen LogP contribution in [0.3, 0.4) is 0 Å². The van der Waals surface area contributed by atoms with Crippen LogP contribution < -0.4 is 20.7 Å². The highest BCUT2D eigenvalue weighted by Gasteiger charge is 2.27. The maximum absolute atomic E-state index is 12.5. The van der Waals surface area contributed by atoms with Crippen LogP contribution in [0.4, 0.5) is 0 Å². The minimum absolute atomic E-state index is 0.00556. The summed E-state index contributed by atoms with van der Waals surface area (Å²) in [6.07, 6.45) is 0.920. The molecule has 0 spiro atoms. The molecule has 6 nitrogen and oxygen atoms in total. The Balaban J connectivity index is 1.97. The quantitative estimate of drug-likeness (QED) is 0.703. The molecule has 2 amide bonds. The Kier molecular flexibility index (Phi) is 6.61. The Morgan fingerprint density at radius 3 is 2.54 bits per heavy atom. The van der Waals surface area contributed by atoms with Crippen LogP contribution in [0, 0.1) is 5.92 Å². The van der Waals surface area contributed by atoms with E-state index in [2.05, 4.69) is 16.0 Å². The first-order chi connectivity index (χ1) is 11.5. The van der Waals surface area contributed by atoms with Gasteiger partial charge in [0.1, 0.15) is 11.8 Å². The SMILES string of the molecule is CCOc1ccc(C(=O)NC(C(=O)NC2CCNC2)C(C)C)cc1. The van der Waals surface area contributed by atoms with Gasteiger partial charge in [-0.1, -0.05) is 13.8 Å². The number of carbonyl (C=O) groups is 2. The van der Waals surface area contributed by atoms with Crippen molar-refractivity contribution in [2.24, 2.45) is 5.92 Å². The summed E-state index contributed by atoms with van der Waals surface area (Å²) in [6.45, 7) is 8.04. The molecular weight excluding hydrogens is 306 g/mol. The standard InChI is InChI=1S/C18H27N3O3/c1-4-24-15-7-5-13(6-8-15)17(22)21-16(12(2)3)18(23)20-14-9-10-19-11-14/h5-8,12,14,16,19H,4,9-11H2,1-3H3,(H,20,23)(H,21,22). The second-order valence-corrected chi connectivity index (χ2v) is 6.35. The van der Waals surface area contributed by atoms with Crippen LogP contribution in [0.2, 0.25) is 0 Å². The van der Waals surface area contributed by atoms with Gasteiger partial charge in [-0.25, -0.2) is 0 Å². The van der Waals surface area contributed by atoms with E-state index in [1.54, 1.807) is 24.3 Å². The number of ether oxygens (including phenoxy) is 1. The molecule has 2 unspecified atom stereocenters. The first-order valence-electron chi connectivity index (χ1n) is 8.56. The van der Waals surface area contributed by atoms with Crippen LogP contribution in [0.15, 0.2) is 24.3 Å². The van der Waals surface area contributed by atoms with Gasteiger partial charge in [0, 0.05) is 18.2 Å². The van der Waals surface area contributed by atoms with E-state index < -0.39 is 6.04 Å². The summed E-state index contributed by atoms with van der Waals surface area (Å²) in [6, 6.07) is 6.51. The molecule has 2 rings (SSSR count). The van der Waals surface area contributed by atoms with Gasteiger partial charge in [-0.2, -0.15) is 0 Å². The third-order valence-electron chi connectivity index (χ3n) is 4.07. The zero-order valence-corrected chi connectivity index (χ0v) is 14.6. The van der Waals surface area contributed by atoms with Crippen LogP contribution in [0.25, 0.3) is 0 Å². The minimum atomic E-state index is -0.551. The molecule has 24 heavy (non-hydrogen) atoms. The molecule has 1 fully saturated rings. The minimum Gasteiger partial charge on any atom is -0.494 e. The predicted octanol–water partition coefficient (Wildman–Crippen LogP) is 1.32. The van der Waals surface area contributed by atoms with Crippen LogP contribution in [-0.2, 0) is 4.79 Å². The summed E-state index contributed by atoms with van der Waals surface area (Å²) in [4.78, 5) is 24.9. The third-order valence-corrected chi connectivity index (χ3v) is 4.07. The highest BCUT2D eigenvalue weighted by Crippen LogP contribution is 2.13. The van der Waals surface area contributed by atoms with Crippen LogP contribution >= 0.6 is 0 Å². The Morgan fingerprint density at radius 1 is 1.29 bits per heavy atom. The largest absolute Gasteiger partial charge is 0.494 e. The molecule has 1 aliphatic rings. The zero-order valence-electron chi connectivity index (χ0n) is 14.6. The van der Waals surface area contributed by atoms with E-state index in [0.29, 0.717) is 12.2 Å². The van der Waals surface area contributed by atoms with E-state index in [9.17, 15) is 9.59 Å². The maximum Gasteiger partial charge on any atom is 0.251 e. The molecule has 1 aromatic rings. The molecule has 1 saturated heterocycles. The molecule has 0 radical (unpaired) electrons. The van der Waals surface area contributed by atoms with Crippen molar-refractivity contribution in [2.75, 3.05) is 19.7 Å². The summed E-state index contributed by atoms with van der Waals surface area (Å²) in [5, 5.41) is 9.07. The summed E-state index contributed by atoms with van der Waals surface area (Å²) in [5.74, 6) is 0.348. The lowest BCUT2D eigenvalue weighted by Crippen LogP contribution is -2.52. The molecular formula is C18H27N3O3. The lowest BCUT2D eigenvalue weighted by atomic mass is 10.0. The van der Waals surface area contributed by atoms with E-state index in [1.807, 2.05) is 20.8 Å². The molecule has 0 aliphatic carbocycles. The third kappa shape index (κ3) is 4.96. The van der Waals surface area contributed by atoms with Crippen LogP contribution in [-0.4, -0.2) is 43.6 Å². The number of nitrogens with one attached hydrogen (secondary N) is 3. The van der Waals surface area contributed by atoms with Gasteiger partial charge in [0.15, 0.2) is 0 Å². The lowest BCUT2D eigenvalue weighted by molar-refractivity contribution is -0.124. The second-order valence-electron chi connectivity index (χ2n) is 6.35. The maximum atomic E-state index is 12.5. The van der Waals surface area contributed by atoms with Crippen molar-refractivity contribution in [1.29, 1.82) is 0 Å². The van der Waals surface area contributed by atoms with Gasteiger partial charge >= 0.3 is 0 Å². The number of hydrogen-bond acceptors (Lipinski definition) is 4. The topological polar surface area (TPSA) is 79.5 Å². The second kappa shape index (κ2) is 8.68. The van der Waals surface area contributed by atoms with Crippen LogP contribution in [0.1, 0.15) is 37.6 Å². The number of carbonyl (C=O) groups excluding carboxylic acids is 2. The summed E-state index contributed by atoms with van der Waals surface area (Å²) in [7, 11) is 0. The molecule has 0 aromatic heterocycles. The molecule has 132 valence electrons. The van der Waals surface area contributed by atoms with E-state index in [1.165, 1.54) is 0 Å². The molecule has 0 bridgehead atoms. The van der Waals surface area contributed by atoms with E-state index in [-0.39, 0.29) is 23.8 Å². The smallest absolute Gasteiger partial charge is 0.251 e. The first kappa shape index (κ1) is 18.3. The van der Waals surface area contributed by atoms with Gasteiger partial charge in [-0.15, -0.1) is 0 Å². The van der Waals surface area contributed by atoms with Gasteiger partial charge in [0.2, 0.25) is 5.91 Å². The fourth-order valence-electron chi connectivity index (χ4n) is 2.70. The molecule has 6 heteroatoms. The number of benzene rings is 1. The highest BCUT2D eigenvalue weighted by atomic mass is 16.5. The average molecular weight is 333 g/mol. The Labute approximate surface area is 143 Å². The molecule has 1 aromatic carbocycles. The Hall–Kier alpha value is -2.08. The fourth-order valence-corrected chi connectivity index (χ4v) is 2.70. The first-order valence-corrected chi connectivity index (χ1v) is 8.56. The Bertz CT molecular complexity index is 551.